The van der Waals surface area contributed by atoms with Gasteiger partial charge in [-0.2, -0.15) is 8.78 Å². The highest BCUT2D eigenvalue weighted by atomic mass is 19.3. The third kappa shape index (κ3) is 2.42. The average Bonchev–Trinajstić information content (AvgIpc) is 2.37. The molecule has 1 aromatic rings. The molecule has 0 fully saturated rings. The Morgan fingerprint density at radius 2 is 2.00 bits per heavy atom. The number of hydrogen-bond donors (Lipinski definition) is 2. The number of amides is 1. The highest BCUT2D eigenvalue weighted by Gasteiger charge is 2.47. The maximum atomic E-state index is 13.2. The van der Waals surface area contributed by atoms with Crippen molar-refractivity contribution in [1.82, 2.24) is 5.32 Å². The van der Waals surface area contributed by atoms with Crippen LogP contribution in [0.25, 0.3) is 0 Å². The molecule has 0 aromatic heterocycles. The first-order chi connectivity index (χ1) is 8.84. The van der Waals surface area contributed by atoms with Gasteiger partial charge in [0.05, 0.1) is 0 Å². The number of alkyl halides is 4. The van der Waals surface area contributed by atoms with E-state index < -0.39 is 24.3 Å². The summed E-state index contributed by atoms with van der Waals surface area (Å²) in [7, 11) is 0. The smallest absolute Gasteiger partial charge is 0.326 e. The zero-order chi connectivity index (χ0) is 14.2. The minimum atomic E-state index is -4.33. The van der Waals surface area contributed by atoms with Crippen molar-refractivity contribution in [3.63, 3.8) is 0 Å². The van der Waals surface area contributed by atoms with Gasteiger partial charge in [-0.05, 0) is 23.6 Å². The number of fused-ring (bicyclic) bond motifs is 1. The second-order valence-corrected chi connectivity index (χ2v) is 4.38. The van der Waals surface area contributed by atoms with Crippen LogP contribution in [0.3, 0.4) is 0 Å². The molecule has 1 amide bonds. The predicted molar refractivity (Wildman–Crippen MR) is 60.4 cm³/mol. The SMILES string of the molecule is NC(c1ccc2c(c1)C(=O)NCC2)C(F)(F)C(F)F. The molecule has 1 unspecified atom stereocenters. The van der Waals surface area contributed by atoms with Gasteiger partial charge in [0.2, 0.25) is 0 Å². The Morgan fingerprint density at radius 3 is 2.63 bits per heavy atom. The van der Waals surface area contributed by atoms with Crippen LogP contribution in [0.5, 0.6) is 0 Å². The van der Waals surface area contributed by atoms with Crippen LogP contribution in [0, 0.1) is 0 Å². The van der Waals surface area contributed by atoms with Gasteiger partial charge >= 0.3 is 12.3 Å². The molecular formula is C12H12F4N2O. The Balaban J connectivity index is 2.37. The van der Waals surface area contributed by atoms with Crippen LogP contribution in [0.1, 0.15) is 27.5 Å². The molecule has 0 bridgehead atoms. The van der Waals surface area contributed by atoms with Crippen LogP contribution in [-0.4, -0.2) is 24.8 Å². The van der Waals surface area contributed by atoms with Crippen LogP contribution in [0.2, 0.25) is 0 Å². The topological polar surface area (TPSA) is 55.1 Å². The second kappa shape index (κ2) is 4.80. The van der Waals surface area contributed by atoms with Gasteiger partial charge in [0.1, 0.15) is 6.04 Å². The zero-order valence-corrected chi connectivity index (χ0v) is 9.80. The summed E-state index contributed by atoms with van der Waals surface area (Å²) in [6.07, 6.45) is -3.28. The van der Waals surface area contributed by atoms with E-state index >= 15 is 0 Å². The van der Waals surface area contributed by atoms with Crippen LogP contribution >= 0.6 is 0 Å². The number of hydrogen-bond acceptors (Lipinski definition) is 2. The number of nitrogens with two attached hydrogens (primary N) is 1. The van der Waals surface area contributed by atoms with Crippen molar-refractivity contribution in [1.29, 1.82) is 0 Å². The van der Waals surface area contributed by atoms with Crippen LogP contribution in [0.4, 0.5) is 17.6 Å². The van der Waals surface area contributed by atoms with E-state index in [9.17, 15) is 22.4 Å². The molecule has 0 saturated carbocycles. The van der Waals surface area contributed by atoms with Crippen molar-refractivity contribution in [2.75, 3.05) is 6.54 Å². The van der Waals surface area contributed by atoms with Crippen molar-refractivity contribution in [3.05, 3.63) is 34.9 Å². The lowest BCUT2D eigenvalue weighted by molar-refractivity contribution is -0.144. The van der Waals surface area contributed by atoms with E-state index in [2.05, 4.69) is 5.32 Å². The fourth-order valence-corrected chi connectivity index (χ4v) is 1.98. The molecule has 1 aliphatic heterocycles. The number of carbonyl (C=O) groups is 1. The molecule has 1 heterocycles. The number of halogens is 4. The third-order valence-electron chi connectivity index (χ3n) is 3.12. The van der Waals surface area contributed by atoms with Gasteiger partial charge in [-0.25, -0.2) is 8.78 Å². The van der Waals surface area contributed by atoms with Gasteiger partial charge < -0.3 is 11.1 Å². The predicted octanol–water partition coefficient (Wildman–Crippen LogP) is 1.87. The largest absolute Gasteiger partial charge is 0.352 e. The highest BCUT2D eigenvalue weighted by molar-refractivity contribution is 5.96. The molecule has 0 saturated heterocycles. The van der Waals surface area contributed by atoms with E-state index in [1.165, 1.54) is 12.1 Å². The lowest BCUT2D eigenvalue weighted by atomic mass is 9.93. The van der Waals surface area contributed by atoms with Crippen LogP contribution in [0.15, 0.2) is 18.2 Å². The van der Waals surface area contributed by atoms with Crippen molar-refractivity contribution in [2.45, 2.75) is 24.8 Å². The standard InChI is InChI=1S/C12H12F4N2O/c13-11(14)12(15,16)9(17)7-2-1-6-3-4-18-10(19)8(6)5-7/h1-2,5,9,11H,3-4,17H2,(H,18,19). The summed E-state index contributed by atoms with van der Waals surface area (Å²) in [5.41, 5.74) is 5.92. The summed E-state index contributed by atoms with van der Waals surface area (Å²) in [5, 5.41) is 2.55. The van der Waals surface area contributed by atoms with Crippen molar-refractivity contribution in [3.8, 4) is 0 Å². The van der Waals surface area contributed by atoms with E-state index in [-0.39, 0.29) is 11.1 Å². The Labute approximate surface area is 106 Å². The molecule has 1 aliphatic rings. The fourth-order valence-electron chi connectivity index (χ4n) is 1.98. The van der Waals surface area contributed by atoms with Gasteiger partial charge in [0.15, 0.2) is 0 Å². The summed E-state index contributed by atoms with van der Waals surface area (Å²) in [4.78, 5) is 11.6. The maximum Gasteiger partial charge on any atom is 0.326 e. The highest BCUT2D eigenvalue weighted by Crippen LogP contribution is 2.35. The average molecular weight is 276 g/mol. The number of nitrogens with one attached hydrogen (secondary N) is 1. The lowest BCUT2D eigenvalue weighted by Crippen LogP contribution is -2.40. The van der Waals surface area contributed by atoms with Crippen molar-refractivity contribution < 1.29 is 22.4 Å². The maximum absolute atomic E-state index is 13.2. The summed E-state index contributed by atoms with van der Waals surface area (Å²) < 4.78 is 50.9. The molecular weight excluding hydrogens is 264 g/mol. The summed E-state index contributed by atoms with van der Waals surface area (Å²) in [6, 6.07) is 1.75. The molecule has 7 heteroatoms. The molecule has 0 aliphatic carbocycles. The minimum Gasteiger partial charge on any atom is -0.352 e. The number of carbonyl (C=O) groups excluding carboxylic acids is 1. The molecule has 1 aromatic carbocycles. The second-order valence-electron chi connectivity index (χ2n) is 4.38. The molecule has 104 valence electrons. The van der Waals surface area contributed by atoms with Gasteiger partial charge in [-0.3, -0.25) is 4.79 Å². The van der Waals surface area contributed by atoms with Gasteiger partial charge in [0, 0.05) is 12.1 Å². The Kier molecular flexibility index (Phi) is 3.49. The Bertz CT molecular complexity index is 505. The number of rotatable bonds is 3. The summed E-state index contributed by atoms with van der Waals surface area (Å²) in [5.74, 6) is -4.74. The minimum absolute atomic E-state index is 0.180. The van der Waals surface area contributed by atoms with Crippen LogP contribution < -0.4 is 11.1 Å². The Morgan fingerprint density at radius 1 is 1.32 bits per heavy atom. The van der Waals surface area contributed by atoms with Crippen molar-refractivity contribution >= 4 is 5.91 Å². The lowest BCUT2D eigenvalue weighted by Gasteiger charge is -2.24. The first kappa shape index (κ1) is 13.8. The summed E-state index contributed by atoms with van der Waals surface area (Å²) in [6.45, 7) is 0.463. The number of benzene rings is 1. The zero-order valence-electron chi connectivity index (χ0n) is 9.80. The monoisotopic (exact) mass is 276 g/mol. The first-order valence-electron chi connectivity index (χ1n) is 5.66. The van der Waals surface area contributed by atoms with Gasteiger partial charge in [-0.15, -0.1) is 0 Å². The molecule has 3 N–H and O–H groups in total. The molecule has 3 nitrogen and oxygen atoms in total. The molecule has 1 atom stereocenters. The van der Waals surface area contributed by atoms with E-state index in [0.717, 1.165) is 6.07 Å². The van der Waals surface area contributed by atoms with E-state index in [1.807, 2.05) is 0 Å². The van der Waals surface area contributed by atoms with Crippen LogP contribution in [-0.2, 0) is 6.42 Å². The van der Waals surface area contributed by atoms with Gasteiger partial charge in [0.25, 0.3) is 5.91 Å². The third-order valence-corrected chi connectivity index (χ3v) is 3.12. The molecule has 19 heavy (non-hydrogen) atoms. The normalized spacial score (nSPS) is 17.1. The molecule has 2 rings (SSSR count). The quantitative estimate of drug-likeness (QED) is 0.828. The van der Waals surface area contributed by atoms with Crippen molar-refractivity contribution in [2.24, 2.45) is 5.73 Å². The van der Waals surface area contributed by atoms with E-state index in [0.29, 0.717) is 18.5 Å². The van der Waals surface area contributed by atoms with Gasteiger partial charge in [-0.1, -0.05) is 12.1 Å². The molecule has 0 spiro atoms. The Hall–Kier alpha value is -1.63. The van der Waals surface area contributed by atoms with E-state index in [4.69, 9.17) is 5.73 Å². The summed E-state index contributed by atoms with van der Waals surface area (Å²) >= 11 is 0. The first-order valence-corrected chi connectivity index (χ1v) is 5.66. The fraction of sp³-hybridized carbons (Fsp3) is 0.417. The molecule has 0 radical (unpaired) electrons. The van der Waals surface area contributed by atoms with E-state index in [1.54, 1.807) is 0 Å².